The number of carbonyl (C=O) groups is 1. The molecule has 0 saturated heterocycles. The summed E-state index contributed by atoms with van der Waals surface area (Å²) in [5.74, 6) is -1.10. The molecule has 0 radical (unpaired) electrons. The molecule has 0 spiro atoms. The molecule has 2 N–H and O–H groups in total. The molecular weight excluding hydrogens is 249 g/mol. The first-order chi connectivity index (χ1) is 8.38. The summed E-state index contributed by atoms with van der Waals surface area (Å²) in [7, 11) is 0. The highest BCUT2D eigenvalue weighted by Crippen LogP contribution is 2.37. The number of alkyl halides is 3. The maximum atomic E-state index is 12.7. The Kier molecular flexibility index (Phi) is 3.52. The van der Waals surface area contributed by atoms with Gasteiger partial charge < -0.3 is 10.1 Å². The topological polar surface area (TPSA) is 52.6 Å². The van der Waals surface area contributed by atoms with Gasteiger partial charge in [0.1, 0.15) is 12.6 Å². The number of hydrogen-bond acceptors (Lipinski definition) is 3. The van der Waals surface area contributed by atoms with Crippen molar-refractivity contribution in [2.45, 2.75) is 37.9 Å². The number of nitrogens with one attached hydrogen (secondary N) is 1. The fourth-order valence-corrected chi connectivity index (χ4v) is 2.56. The molecule has 0 bridgehead atoms. The van der Waals surface area contributed by atoms with Crippen LogP contribution < -0.4 is 5.43 Å². The number of hydrogen-bond donors (Lipinski definition) is 2. The number of carboxylic acids is 1. The highest BCUT2D eigenvalue weighted by Gasteiger charge is 2.44. The average Bonchev–Trinajstić information content (AvgIpc) is 2.81. The summed E-state index contributed by atoms with van der Waals surface area (Å²) in [6.07, 6.45) is 0.359. The molecule has 0 aromatic rings. The molecule has 18 heavy (non-hydrogen) atoms. The van der Waals surface area contributed by atoms with Crippen LogP contribution in [0.1, 0.15) is 25.7 Å². The van der Waals surface area contributed by atoms with Crippen LogP contribution in [0.2, 0.25) is 0 Å². The Morgan fingerprint density at radius 1 is 1.44 bits per heavy atom. The number of aliphatic carboxylic acids is 1. The zero-order valence-corrected chi connectivity index (χ0v) is 9.70. The van der Waals surface area contributed by atoms with Crippen LogP contribution in [-0.2, 0) is 4.79 Å². The summed E-state index contributed by atoms with van der Waals surface area (Å²) in [6, 6.07) is -1.77. The smallest absolute Gasteiger partial charge is 0.409 e. The largest absolute Gasteiger partial charge is 0.480 e. The van der Waals surface area contributed by atoms with Crippen LogP contribution in [0.3, 0.4) is 0 Å². The monoisotopic (exact) mass is 264 g/mol. The molecule has 102 valence electrons. The van der Waals surface area contributed by atoms with Crippen molar-refractivity contribution >= 4 is 5.97 Å². The van der Waals surface area contributed by atoms with Gasteiger partial charge in [-0.1, -0.05) is 12.8 Å². The van der Waals surface area contributed by atoms with E-state index in [1.807, 2.05) is 0 Å². The third-order valence-corrected chi connectivity index (χ3v) is 3.36. The lowest BCUT2D eigenvalue weighted by Crippen LogP contribution is -2.46. The van der Waals surface area contributed by atoms with Crippen molar-refractivity contribution in [1.82, 2.24) is 10.4 Å². The molecule has 1 aliphatic heterocycles. The van der Waals surface area contributed by atoms with Crippen LogP contribution in [0.25, 0.3) is 0 Å². The van der Waals surface area contributed by atoms with E-state index in [2.05, 4.69) is 5.43 Å². The highest BCUT2D eigenvalue weighted by atomic mass is 19.4. The summed E-state index contributed by atoms with van der Waals surface area (Å²) < 4.78 is 38.0. The second-order valence-corrected chi connectivity index (χ2v) is 4.70. The van der Waals surface area contributed by atoms with E-state index in [4.69, 9.17) is 5.11 Å². The van der Waals surface area contributed by atoms with E-state index in [0.717, 1.165) is 36.8 Å². The van der Waals surface area contributed by atoms with Gasteiger partial charge in [0.25, 0.3) is 0 Å². The number of allylic oxidation sites excluding steroid dienone is 1. The Labute approximate surface area is 102 Å². The summed E-state index contributed by atoms with van der Waals surface area (Å²) in [6.45, 7) is -0.449. The van der Waals surface area contributed by atoms with Gasteiger partial charge in [0.2, 0.25) is 0 Å². The number of halogens is 3. The van der Waals surface area contributed by atoms with Gasteiger partial charge in [-0.15, -0.1) is 0 Å². The van der Waals surface area contributed by atoms with E-state index in [9.17, 15) is 18.0 Å². The van der Waals surface area contributed by atoms with Gasteiger partial charge in [-0.3, -0.25) is 4.79 Å². The van der Waals surface area contributed by atoms with E-state index in [0.29, 0.717) is 5.70 Å². The second kappa shape index (κ2) is 4.79. The van der Waals surface area contributed by atoms with Crippen molar-refractivity contribution in [3.05, 3.63) is 11.8 Å². The minimum atomic E-state index is -4.39. The van der Waals surface area contributed by atoms with Gasteiger partial charge in [-0.2, -0.15) is 13.2 Å². The number of rotatable bonds is 3. The van der Waals surface area contributed by atoms with Gasteiger partial charge in [0, 0.05) is 11.6 Å². The van der Waals surface area contributed by atoms with E-state index < -0.39 is 24.7 Å². The number of carboxylic acid groups (broad SMARTS) is 1. The molecule has 1 aliphatic carbocycles. The van der Waals surface area contributed by atoms with Gasteiger partial charge >= 0.3 is 12.1 Å². The predicted molar refractivity (Wildman–Crippen MR) is 57.4 cm³/mol. The molecule has 7 heteroatoms. The molecular formula is C11H15F3N2O2. The maximum absolute atomic E-state index is 12.7. The molecule has 0 amide bonds. The zero-order valence-electron chi connectivity index (χ0n) is 9.70. The van der Waals surface area contributed by atoms with Crippen molar-refractivity contribution < 1.29 is 23.1 Å². The Bertz CT molecular complexity index is 362. The van der Waals surface area contributed by atoms with Crippen molar-refractivity contribution in [1.29, 1.82) is 0 Å². The Hall–Kier alpha value is -1.24. The van der Waals surface area contributed by atoms with Crippen LogP contribution in [0, 0.1) is 5.92 Å². The van der Waals surface area contributed by atoms with Gasteiger partial charge in [-0.05, 0) is 18.9 Å². The Balaban J connectivity index is 2.15. The summed E-state index contributed by atoms with van der Waals surface area (Å²) in [4.78, 5) is 10.7. The van der Waals surface area contributed by atoms with E-state index in [-0.39, 0.29) is 5.92 Å². The summed E-state index contributed by atoms with van der Waals surface area (Å²) in [5.41, 5.74) is 2.71. The van der Waals surface area contributed by atoms with Crippen molar-refractivity contribution in [3.63, 3.8) is 0 Å². The molecule has 1 atom stereocenters. The lowest BCUT2D eigenvalue weighted by atomic mass is 10.0. The van der Waals surface area contributed by atoms with E-state index >= 15 is 0 Å². The van der Waals surface area contributed by atoms with Crippen molar-refractivity contribution in [2.75, 3.05) is 6.54 Å². The quantitative estimate of drug-likeness (QED) is 0.817. The molecule has 1 fully saturated rings. The molecule has 2 aliphatic rings. The highest BCUT2D eigenvalue weighted by molar-refractivity contribution is 5.69. The van der Waals surface area contributed by atoms with E-state index in [1.54, 1.807) is 0 Å². The summed E-state index contributed by atoms with van der Waals surface area (Å²) >= 11 is 0. The molecule has 0 aromatic carbocycles. The van der Waals surface area contributed by atoms with Gasteiger partial charge in [-0.25, -0.2) is 5.43 Å². The van der Waals surface area contributed by atoms with Crippen molar-refractivity contribution in [3.8, 4) is 0 Å². The zero-order chi connectivity index (χ0) is 13.3. The third kappa shape index (κ3) is 2.77. The predicted octanol–water partition coefficient (Wildman–Crippen LogP) is 1.90. The number of nitrogens with zero attached hydrogens (tertiary/aromatic N) is 1. The van der Waals surface area contributed by atoms with Crippen LogP contribution in [-0.4, -0.2) is 34.8 Å². The minimum Gasteiger partial charge on any atom is -0.480 e. The van der Waals surface area contributed by atoms with Crippen LogP contribution in [0.4, 0.5) is 13.2 Å². The average molecular weight is 264 g/mol. The SMILES string of the molecule is O=C(O)CN1NC(C(F)(F)F)C=C1C1CCCC1. The van der Waals surface area contributed by atoms with Gasteiger partial charge in [0.15, 0.2) is 0 Å². The van der Waals surface area contributed by atoms with Crippen molar-refractivity contribution in [2.24, 2.45) is 5.92 Å². The van der Waals surface area contributed by atoms with E-state index in [1.165, 1.54) is 0 Å². The fourth-order valence-electron chi connectivity index (χ4n) is 2.56. The van der Waals surface area contributed by atoms with Crippen LogP contribution in [0.5, 0.6) is 0 Å². The third-order valence-electron chi connectivity index (χ3n) is 3.36. The first-order valence-corrected chi connectivity index (χ1v) is 5.92. The molecule has 2 rings (SSSR count). The summed E-state index contributed by atoms with van der Waals surface area (Å²) in [5, 5.41) is 9.87. The lowest BCUT2D eigenvalue weighted by molar-refractivity contribution is -0.153. The molecule has 1 heterocycles. The Morgan fingerprint density at radius 3 is 2.56 bits per heavy atom. The first kappa shape index (κ1) is 13.2. The molecule has 1 unspecified atom stereocenters. The first-order valence-electron chi connectivity index (χ1n) is 5.92. The van der Waals surface area contributed by atoms with Crippen LogP contribution in [0.15, 0.2) is 11.8 Å². The molecule has 4 nitrogen and oxygen atoms in total. The van der Waals surface area contributed by atoms with Crippen LogP contribution >= 0.6 is 0 Å². The lowest BCUT2D eigenvalue weighted by Gasteiger charge is -2.25. The fraction of sp³-hybridized carbons (Fsp3) is 0.727. The standard InChI is InChI=1S/C11H15F3N2O2/c12-11(13,14)9-5-8(7-3-1-2-4-7)16(15-9)6-10(17)18/h5,7,9,15H,1-4,6H2,(H,17,18). The minimum absolute atomic E-state index is 0.0456. The normalized spacial score (nSPS) is 25.6. The molecule has 1 saturated carbocycles. The second-order valence-electron chi connectivity index (χ2n) is 4.70. The van der Waals surface area contributed by atoms with Gasteiger partial charge in [0.05, 0.1) is 0 Å². The maximum Gasteiger partial charge on any atom is 0.409 e. The number of hydrazine groups is 1. The Morgan fingerprint density at radius 2 is 2.06 bits per heavy atom. The molecule has 0 aromatic heterocycles.